The lowest BCUT2D eigenvalue weighted by molar-refractivity contribution is -0.160. The maximum absolute atomic E-state index is 12.5. The highest BCUT2D eigenvalue weighted by Crippen LogP contribution is 2.14. The minimum absolute atomic E-state index is 0.00402. The van der Waals surface area contributed by atoms with Crippen LogP contribution in [0.1, 0.15) is 23.0 Å². The number of rotatable bonds is 4. The normalized spacial score (nSPS) is 20.8. The SMILES string of the molecule is C[C@@H]1CN(C(=O)c2cn(Cc3ccccc3)nn2)CC(C(=O)O)O1. The minimum Gasteiger partial charge on any atom is -0.479 e. The predicted octanol–water partition coefficient (Wildman–Crippen LogP) is 0.641. The van der Waals surface area contributed by atoms with Crippen LogP contribution < -0.4 is 0 Å². The summed E-state index contributed by atoms with van der Waals surface area (Å²) in [5.74, 6) is -1.41. The largest absolute Gasteiger partial charge is 0.479 e. The average molecular weight is 330 g/mol. The first-order valence-electron chi connectivity index (χ1n) is 7.64. The maximum atomic E-state index is 12.5. The lowest BCUT2D eigenvalue weighted by Gasteiger charge is -2.34. The molecular weight excluding hydrogens is 312 g/mol. The molecule has 1 unspecified atom stereocenters. The molecule has 0 radical (unpaired) electrons. The van der Waals surface area contributed by atoms with E-state index >= 15 is 0 Å². The molecule has 1 aromatic heterocycles. The summed E-state index contributed by atoms with van der Waals surface area (Å²) < 4.78 is 6.90. The molecule has 126 valence electrons. The number of carboxylic acid groups (broad SMARTS) is 1. The fourth-order valence-electron chi connectivity index (χ4n) is 2.66. The van der Waals surface area contributed by atoms with Gasteiger partial charge in [-0.1, -0.05) is 35.5 Å². The molecule has 0 bridgehead atoms. The van der Waals surface area contributed by atoms with E-state index in [1.54, 1.807) is 17.8 Å². The summed E-state index contributed by atoms with van der Waals surface area (Å²) in [5.41, 5.74) is 1.25. The number of aromatic nitrogens is 3. The number of benzene rings is 1. The van der Waals surface area contributed by atoms with E-state index in [1.807, 2.05) is 30.3 Å². The molecule has 1 fully saturated rings. The molecule has 0 spiro atoms. The van der Waals surface area contributed by atoms with Crippen LogP contribution in [0.3, 0.4) is 0 Å². The zero-order valence-corrected chi connectivity index (χ0v) is 13.2. The van der Waals surface area contributed by atoms with Gasteiger partial charge in [0.05, 0.1) is 25.4 Å². The molecule has 1 N–H and O–H groups in total. The van der Waals surface area contributed by atoms with E-state index in [0.717, 1.165) is 5.56 Å². The number of amides is 1. The molecule has 2 heterocycles. The number of nitrogens with zero attached hydrogens (tertiary/aromatic N) is 4. The van der Waals surface area contributed by atoms with Gasteiger partial charge < -0.3 is 14.7 Å². The highest BCUT2D eigenvalue weighted by atomic mass is 16.5. The van der Waals surface area contributed by atoms with Crippen molar-refractivity contribution < 1.29 is 19.4 Å². The van der Waals surface area contributed by atoms with Crippen LogP contribution in [0.25, 0.3) is 0 Å². The van der Waals surface area contributed by atoms with E-state index in [-0.39, 0.29) is 24.2 Å². The number of carbonyl (C=O) groups excluding carboxylic acids is 1. The molecular formula is C16H18N4O4. The summed E-state index contributed by atoms with van der Waals surface area (Å²) in [6.07, 6.45) is 0.214. The van der Waals surface area contributed by atoms with Crippen LogP contribution >= 0.6 is 0 Å². The second-order valence-corrected chi connectivity index (χ2v) is 5.77. The Hall–Kier alpha value is -2.74. The maximum Gasteiger partial charge on any atom is 0.334 e. The number of morpholine rings is 1. The van der Waals surface area contributed by atoms with Gasteiger partial charge in [0, 0.05) is 6.54 Å². The van der Waals surface area contributed by atoms with Gasteiger partial charge in [0.1, 0.15) is 0 Å². The van der Waals surface area contributed by atoms with Gasteiger partial charge in [0.15, 0.2) is 11.8 Å². The van der Waals surface area contributed by atoms with Crippen molar-refractivity contribution >= 4 is 11.9 Å². The van der Waals surface area contributed by atoms with Gasteiger partial charge in [0.2, 0.25) is 0 Å². The van der Waals surface area contributed by atoms with Gasteiger partial charge in [-0.25, -0.2) is 9.48 Å². The molecule has 1 aliphatic rings. The first-order chi connectivity index (χ1) is 11.5. The topological polar surface area (TPSA) is 97.6 Å². The molecule has 1 aliphatic heterocycles. The van der Waals surface area contributed by atoms with Crippen molar-refractivity contribution in [1.29, 1.82) is 0 Å². The third-order valence-electron chi connectivity index (χ3n) is 3.77. The summed E-state index contributed by atoms with van der Waals surface area (Å²) in [6, 6.07) is 9.71. The molecule has 2 atom stereocenters. The molecule has 1 amide bonds. The minimum atomic E-state index is -1.08. The zero-order chi connectivity index (χ0) is 17.1. The molecule has 8 heteroatoms. The highest BCUT2D eigenvalue weighted by molar-refractivity contribution is 5.92. The molecule has 0 saturated carbocycles. The smallest absolute Gasteiger partial charge is 0.334 e. The van der Waals surface area contributed by atoms with E-state index in [2.05, 4.69) is 10.3 Å². The lowest BCUT2D eigenvalue weighted by atomic mass is 10.2. The Morgan fingerprint density at radius 2 is 2.04 bits per heavy atom. The van der Waals surface area contributed by atoms with Crippen molar-refractivity contribution in [2.75, 3.05) is 13.1 Å². The van der Waals surface area contributed by atoms with Crippen molar-refractivity contribution in [2.24, 2.45) is 0 Å². The molecule has 1 saturated heterocycles. The third kappa shape index (κ3) is 3.60. The Kier molecular flexibility index (Phi) is 4.57. The Balaban J connectivity index is 1.70. The summed E-state index contributed by atoms with van der Waals surface area (Å²) in [7, 11) is 0. The van der Waals surface area contributed by atoms with Crippen molar-refractivity contribution in [1.82, 2.24) is 19.9 Å². The Morgan fingerprint density at radius 3 is 2.75 bits per heavy atom. The van der Waals surface area contributed by atoms with Crippen LogP contribution in [0.5, 0.6) is 0 Å². The quantitative estimate of drug-likeness (QED) is 0.883. The van der Waals surface area contributed by atoms with Gasteiger partial charge in [-0.15, -0.1) is 5.10 Å². The van der Waals surface area contributed by atoms with Gasteiger partial charge >= 0.3 is 5.97 Å². The fraction of sp³-hybridized carbons (Fsp3) is 0.375. The van der Waals surface area contributed by atoms with Crippen LogP contribution in [0, 0.1) is 0 Å². The Morgan fingerprint density at radius 1 is 1.29 bits per heavy atom. The van der Waals surface area contributed by atoms with Crippen LogP contribution in [-0.4, -0.2) is 62.2 Å². The third-order valence-corrected chi connectivity index (χ3v) is 3.77. The lowest BCUT2D eigenvalue weighted by Crippen LogP contribution is -2.51. The summed E-state index contributed by atoms with van der Waals surface area (Å²) in [5, 5.41) is 17.0. The van der Waals surface area contributed by atoms with Crippen molar-refractivity contribution in [3.05, 3.63) is 47.8 Å². The van der Waals surface area contributed by atoms with Crippen LogP contribution in [0.15, 0.2) is 36.5 Å². The van der Waals surface area contributed by atoms with Crippen LogP contribution in [0.4, 0.5) is 0 Å². The number of ether oxygens (including phenoxy) is 1. The van der Waals surface area contributed by atoms with Crippen molar-refractivity contribution in [3.63, 3.8) is 0 Å². The first-order valence-corrected chi connectivity index (χ1v) is 7.64. The number of aliphatic carboxylic acids is 1. The second-order valence-electron chi connectivity index (χ2n) is 5.77. The second kappa shape index (κ2) is 6.79. The standard InChI is InChI=1S/C16H18N4O4/c1-11-7-19(10-14(24-11)16(22)23)15(21)13-9-20(18-17-13)8-12-5-3-2-4-6-12/h2-6,9,11,14H,7-8,10H2,1H3,(H,22,23)/t11-,14?/m1/s1. The van der Waals surface area contributed by atoms with E-state index in [4.69, 9.17) is 9.84 Å². The Bertz CT molecular complexity index is 731. The molecule has 0 aliphatic carbocycles. The summed E-state index contributed by atoms with van der Waals surface area (Å²) in [4.78, 5) is 25.1. The monoisotopic (exact) mass is 330 g/mol. The summed E-state index contributed by atoms with van der Waals surface area (Å²) >= 11 is 0. The molecule has 1 aromatic carbocycles. The van der Waals surface area contributed by atoms with Crippen molar-refractivity contribution in [2.45, 2.75) is 25.7 Å². The molecule has 8 nitrogen and oxygen atoms in total. The van der Waals surface area contributed by atoms with Crippen molar-refractivity contribution in [3.8, 4) is 0 Å². The van der Waals surface area contributed by atoms with E-state index in [1.165, 1.54) is 4.90 Å². The number of carbonyl (C=O) groups is 2. The zero-order valence-electron chi connectivity index (χ0n) is 13.2. The van der Waals surface area contributed by atoms with Gasteiger partial charge in [-0.3, -0.25) is 4.79 Å². The van der Waals surface area contributed by atoms with Gasteiger partial charge in [0.25, 0.3) is 5.91 Å². The van der Waals surface area contributed by atoms with E-state index < -0.39 is 12.1 Å². The Labute approximate surface area is 138 Å². The fourth-order valence-corrected chi connectivity index (χ4v) is 2.66. The predicted molar refractivity (Wildman–Crippen MR) is 83.4 cm³/mol. The molecule has 24 heavy (non-hydrogen) atoms. The van der Waals surface area contributed by atoms with Gasteiger partial charge in [-0.05, 0) is 12.5 Å². The number of hydrogen-bond donors (Lipinski definition) is 1. The highest BCUT2D eigenvalue weighted by Gasteiger charge is 2.33. The molecule has 2 aromatic rings. The van der Waals surface area contributed by atoms with Crippen LogP contribution in [0.2, 0.25) is 0 Å². The number of carboxylic acids is 1. The van der Waals surface area contributed by atoms with E-state index in [0.29, 0.717) is 13.1 Å². The number of hydrogen-bond acceptors (Lipinski definition) is 5. The van der Waals surface area contributed by atoms with E-state index in [9.17, 15) is 9.59 Å². The average Bonchev–Trinajstić information content (AvgIpc) is 3.03. The summed E-state index contributed by atoms with van der Waals surface area (Å²) in [6.45, 7) is 2.58. The first kappa shape index (κ1) is 16.1. The molecule has 3 rings (SSSR count). The van der Waals surface area contributed by atoms with Gasteiger partial charge in [-0.2, -0.15) is 0 Å². The van der Waals surface area contributed by atoms with Crippen LogP contribution in [-0.2, 0) is 16.1 Å².